The number of aromatic nitrogens is 1. The number of amides is 2. The van der Waals surface area contributed by atoms with Crippen LogP contribution in [0.3, 0.4) is 0 Å². The zero-order chi connectivity index (χ0) is 18.4. The number of urea groups is 1. The minimum absolute atomic E-state index is 0.0616. The molecule has 1 fully saturated rings. The lowest BCUT2D eigenvalue weighted by Crippen LogP contribution is -2.56. The second-order valence-electron chi connectivity index (χ2n) is 6.76. The number of carboxylic acids is 1. The lowest BCUT2D eigenvalue weighted by Gasteiger charge is -2.42. The standard InChI is InChI=1S/C17H28N4O3S/c1-4-21(9-15(22)23)14-7-13(8-14)20-17(24)18-6-5-12-10-25-16(19-12)11(2)3/h10-11,13-14H,4-9H2,1-3H3,(H,22,23)(H2,18,20,24). The predicted octanol–water partition coefficient (Wildman–Crippen LogP) is 2.05. The first-order valence-electron chi connectivity index (χ1n) is 8.83. The summed E-state index contributed by atoms with van der Waals surface area (Å²) in [5, 5.41) is 17.9. The summed E-state index contributed by atoms with van der Waals surface area (Å²) in [6.45, 7) is 7.53. The molecule has 1 heterocycles. The lowest BCUT2D eigenvalue weighted by molar-refractivity contribution is -0.139. The maximum absolute atomic E-state index is 11.9. The summed E-state index contributed by atoms with van der Waals surface area (Å²) in [6, 6.07) is 0.208. The van der Waals surface area contributed by atoms with Crippen LogP contribution in [0.25, 0.3) is 0 Å². The quantitative estimate of drug-likeness (QED) is 0.620. The fourth-order valence-electron chi connectivity index (χ4n) is 2.92. The Morgan fingerprint density at radius 2 is 2.16 bits per heavy atom. The van der Waals surface area contributed by atoms with Gasteiger partial charge in [0.15, 0.2) is 0 Å². The molecule has 0 spiro atoms. The van der Waals surface area contributed by atoms with Crippen molar-refractivity contribution in [2.45, 2.75) is 58.0 Å². The highest BCUT2D eigenvalue weighted by atomic mass is 32.1. The zero-order valence-electron chi connectivity index (χ0n) is 15.1. The highest BCUT2D eigenvalue weighted by molar-refractivity contribution is 7.09. The first-order valence-corrected chi connectivity index (χ1v) is 9.71. The minimum atomic E-state index is -0.807. The number of hydrogen-bond donors (Lipinski definition) is 3. The van der Waals surface area contributed by atoms with Gasteiger partial charge >= 0.3 is 12.0 Å². The van der Waals surface area contributed by atoms with Crippen LogP contribution < -0.4 is 10.6 Å². The van der Waals surface area contributed by atoms with Crippen molar-refractivity contribution in [2.75, 3.05) is 19.6 Å². The van der Waals surface area contributed by atoms with E-state index in [9.17, 15) is 9.59 Å². The van der Waals surface area contributed by atoms with Gasteiger partial charge in [0.05, 0.1) is 17.2 Å². The summed E-state index contributed by atoms with van der Waals surface area (Å²) in [4.78, 5) is 29.2. The maximum atomic E-state index is 11.9. The van der Waals surface area contributed by atoms with E-state index < -0.39 is 5.97 Å². The van der Waals surface area contributed by atoms with Crippen LogP contribution in [-0.4, -0.2) is 58.7 Å². The van der Waals surface area contributed by atoms with E-state index in [-0.39, 0.29) is 24.7 Å². The van der Waals surface area contributed by atoms with Gasteiger partial charge in [0.1, 0.15) is 0 Å². The van der Waals surface area contributed by atoms with E-state index in [1.165, 1.54) is 0 Å². The second-order valence-corrected chi connectivity index (χ2v) is 7.65. The predicted molar refractivity (Wildman–Crippen MR) is 98.1 cm³/mol. The maximum Gasteiger partial charge on any atom is 0.317 e. The molecule has 1 aliphatic rings. The molecule has 0 unspecified atom stereocenters. The third-order valence-corrected chi connectivity index (χ3v) is 5.63. The molecule has 0 aliphatic heterocycles. The van der Waals surface area contributed by atoms with Gasteiger partial charge < -0.3 is 15.7 Å². The number of aliphatic carboxylic acids is 1. The summed E-state index contributed by atoms with van der Waals surface area (Å²) in [6.07, 6.45) is 2.34. The summed E-state index contributed by atoms with van der Waals surface area (Å²) < 4.78 is 0. The molecule has 0 atom stereocenters. The smallest absolute Gasteiger partial charge is 0.317 e. The molecule has 0 saturated heterocycles. The lowest BCUT2D eigenvalue weighted by atomic mass is 9.85. The molecule has 2 amide bonds. The van der Waals surface area contributed by atoms with Gasteiger partial charge in [0.25, 0.3) is 0 Å². The van der Waals surface area contributed by atoms with E-state index in [0.29, 0.717) is 19.0 Å². The second kappa shape index (κ2) is 9.15. The minimum Gasteiger partial charge on any atom is -0.480 e. The molecule has 2 rings (SSSR count). The zero-order valence-corrected chi connectivity index (χ0v) is 15.9. The van der Waals surface area contributed by atoms with Crippen molar-refractivity contribution in [1.82, 2.24) is 20.5 Å². The van der Waals surface area contributed by atoms with Gasteiger partial charge in [-0.2, -0.15) is 0 Å². The SMILES string of the molecule is CCN(CC(=O)O)C1CC(NC(=O)NCCc2csc(C(C)C)n2)C1. The van der Waals surface area contributed by atoms with Crippen LogP contribution in [-0.2, 0) is 11.2 Å². The molecule has 25 heavy (non-hydrogen) atoms. The number of thiazole rings is 1. The van der Waals surface area contributed by atoms with Crippen molar-refractivity contribution in [2.24, 2.45) is 0 Å². The molecule has 8 heteroatoms. The molecule has 7 nitrogen and oxygen atoms in total. The number of rotatable bonds is 9. The van der Waals surface area contributed by atoms with E-state index in [4.69, 9.17) is 5.11 Å². The van der Waals surface area contributed by atoms with Crippen molar-refractivity contribution >= 4 is 23.3 Å². The van der Waals surface area contributed by atoms with E-state index in [2.05, 4.69) is 29.5 Å². The Kier molecular flexibility index (Phi) is 7.19. The molecule has 3 N–H and O–H groups in total. The fourth-order valence-corrected chi connectivity index (χ4v) is 3.79. The molecular weight excluding hydrogens is 340 g/mol. The average molecular weight is 369 g/mol. The van der Waals surface area contributed by atoms with Crippen LogP contribution in [0.1, 0.15) is 50.2 Å². The van der Waals surface area contributed by atoms with Crippen LogP contribution in [0.5, 0.6) is 0 Å². The van der Waals surface area contributed by atoms with Crippen LogP contribution in [0, 0.1) is 0 Å². The highest BCUT2D eigenvalue weighted by Crippen LogP contribution is 2.25. The Balaban J connectivity index is 1.62. The summed E-state index contributed by atoms with van der Waals surface area (Å²) in [7, 11) is 0. The van der Waals surface area contributed by atoms with Gasteiger partial charge in [-0.3, -0.25) is 9.69 Å². The number of nitrogens with one attached hydrogen (secondary N) is 2. The van der Waals surface area contributed by atoms with Crippen molar-refractivity contribution in [1.29, 1.82) is 0 Å². The van der Waals surface area contributed by atoms with Gasteiger partial charge in [-0.05, 0) is 19.4 Å². The largest absolute Gasteiger partial charge is 0.480 e. The van der Waals surface area contributed by atoms with Crippen LogP contribution in [0.15, 0.2) is 5.38 Å². The Morgan fingerprint density at radius 1 is 1.44 bits per heavy atom. The van der Waals surface area contributed by atoms with Gasteiger partial charge in [0.2, 0.25) is 0 Å². The number of carbonyl (C=O) groups excluding carboxylic acids is 1. The number of hydrogen-bond acceptors (Lipinski definition) is 5. The molecule has 0 aromatic carbocycles. The third kappa shape index (κ3) is 5.97. The number of likely N-dealkylation sites (N-methyl/N-ethyl adjacent to an activating group) is 1. The van der Waals surface area contributed by atoms with Crippen molar-refractivity contribution < 1.29 is 14.7 Å². The molecule has 1 aromatic rings. The fraction of sp³-hybridized carbons (Fsp3) is 0.706. The van der Waals surface area contributed by atoms with Crippen molar-refractivity contribution in [3.63, 3.8) is 0 Å². The van der Waals surface area contributed by atoms with E-state index >= 15 is 0 Å². The van der Waals surface area contributed by atoms with Gasteiger partial charge in [-0.25, -0.2) is 9.78 Å². The highest BCUT2D eigenvalue weighted by Gasteiger charge is 2.34. The molecule has 0 bridgehead atoms. The summed E-state index contributed by atoms with van der Waals surface area (Å²) >= 11 is 1.66. The van der Waals surface area contributed by atoms with E-state index in [1.54, 1.807) is 11.3 Å². The summed E-state index contributed by atoms with van der Waals surface area (Å²) in [5.41, 5.74) is 1.02. The first kappa shape index (κ1) is 19.7. The Labute approximate surface area is 152 Å². The number of carboxylic acid groups (broad SMARTS) is 1. The molecule has 0 radical (unpaired) electrons. The summed E-state index contributed by atoms with van der Waals surface area (Å²) in [5.74, 6) is -0.371. The Hall–Kier alpha value is -1.67. The Bertz CT molecular complexity index is 584. The molecule has 140 valence electrons. The van der Waals surface area contributed by atoms with Crippen LogP contribution in [0.2, 0.25) is 0 Å². The van der Waals surface area contributed by atoms with E-state index in [0.717, 1.165) is 30.0 Å². The average Bonchev–Trinajstić information content (AvgIpc) is 2.97. The molecule has 1 aromatic heterocycles. The topological polar surface area (TPSA) is 94.6 Å². The van der Waals surface area contributed by atoms with Crippen molar-refractivity contribution in [3.8, 4) is 0 Å². The Morgan fingerprint density at radius 3 is 2.72 bits per heavy atom. The molecule has 1 aliphatic carbocycles. The van der Waals surface area contributed by atoms with Crippen LogP contribution in [0.4, 0.5) is 4.79 Å². The first-order chi connectivity index (χ1) is 11.9. The number of nitrogens with zero attached hydrogens (tertiary/aromatic N) is 2. The van der Waals surface area contributed by atoms with E-state index in [1.807, 2.05) is 17.2 Å². The van der Waals surface area contributed by atoms with Gasteiger partial charge in [-0.15, -0.1) is 11.3 Å². The number of carbonyl (C=O) groups is 2. The van der Waals surface area contributed by atoms with Crippen LogP contribution >= 0.6 is 11.3 Å². The molecular formula is C17H28N4O3S. The molecule has 1 saturated carbocycles. The van der Waals surface area contributed by atoms with Crippen molar-refractivity contribution in [3.05, 3.63) is 16.1 Å². The van der Waals surface area contributed by atoms with Gasteiger partial charge in [0, 0.05) is 36.3 Å². The normalized spacial score (nSPS) is 19.7. The third-order valence-electron chi connectivity index (χ3n) is 4.44. The van der Waals surface area contributed by atoms with Gasteiger partial charge in [-0.1, -0.05) is 20.8 Å². The monoisotopic (exact) mass is 368 g/mol.